The minimum atomic E-state index is -0.286. The second-order valence-corrected chi connectivity index (χ2v) is 11.0. The van der Waals surface area contributed by atoms with E-state index in [0.717, 1.165) is 44.2 Å². The van der Waals surface area contributed by atoms with Crippen LogP contribution >= 0.6 is 0 Å². The van der Waals surface area contributed by atoms with Gasteiger partial charge in [0.1, 0.15) is 0 Å². The Balaban J connectivity index is 1.60. The first-order valence-electron chi connectivity index (χ1n) is 13.2. The highest BCUT2D eigenvalue weighted by Crippen LogP contribution is 2.54. The van der Waals surface area contributed by atoms with Crippen molar-refractivity contribution in [2.24, 2.45) is 5.92 Å². The molecule has 0 saturated heterocycles. The van der Waals surface area contributed by atoms with Crippen molar-refractivity contribution in [1.82, 2.24) is 0 Å². The second kappa shape index (κ2) is 6.17. The number of carbonyl (C=O) groups excluding carboxylic acids is 2. The van der Waals surface area contributed by atoms with Crippen LogP contribution in [0.5, 0.6) is 0 Å². The third kappa shape index (κ3) is 1.93. The lowest BCUT2D eigenvalue weighted by molar-refractivity contribution is 0.0964. The quantitative estimate of drug-likeness (QED) is 0.166. The molecule has 0 N–H and O–H groups in total. The molecule has 0 spiro atoms. The maximum absolute atomic E-state index is 13.8. The topological polar surface area (TPSA) is 34.1 Å². The highest BCUT2D eigenvalue weighted by atomic mass is 16.1. The van der Waals surface area contributed by atoms with Crippen LogP contribution in [0.3, 0.4) is 0 Å². The van der Waals surface area contributed by atoms with Crippen molar-refractivity contribution in [2.75, 3.05) is 0 Å². The summed E-state index contributed by atoms with van der Waals surface area (Å²) in [5.74, 6) is -0.200. The van der Waals surface area contributed by atoms with Gasteiger partial charge in [-0.05, 0) is 70.7 Å². The summed E-state index contributed by atoms with van der Waals surface area (Å²) in [6.45, 7) is 0. The molecule has 0 saturated carbocycles. The summed E-state index contributed by atoms with van der Waals surface area (Å²) in [7, 11) is 0. The van der Waals surface area contributed by atoms with Crippen LogP contribution in [0, 0.1) is 5.92 Å². The Labute approximate surface area is 217 Å². The number of hydrogen-bond donors (Lipinski definition) is 0. The van der Waals surface area contributed by atoms with Crippen molar-refractivity contribution >= 4 is 66.3 Å². The van der Waals surface area contributed by atoms with Gasteiger partial charge in [0.2, 0.25) is 0 Å². The fourth-order valence-electron chi connectivity index (χ4n) is 7.95. The van der Waals surface area contributed by atoms with E-state index in [9.17, 15) is 9.59 Å². The lowest BCUT2D eigenvalue weighted by Crippen LogP contribution is -2.28. The van der Waals surface area contributed by atoms with Gasteiger partial charge in [-0.2, -0.15) is 0 Å². The van der Waals surface area contributed by atoms with E-state index in [4.69, 9.17) is 0 Å². The largest absolute Gasteiger partial charge is 0.293 e. The number of Topliss-reactive ketones (excluding diaryl/α,β-unsaturated/α-hetero) is 2. The maximum atomic E-state index is 13.8. The van der Waals surface area contributed by atoms with Crippen molar-refractivity contribution in [2.45, 2.75) is 5.92 Å². The Morgan fingerprint density at radius 3 is 2.26 bits per heavy atom. The van der Waals surface area contributed by atoms with Gasteiger partial charge < -0.3 is 0 Å². The number of fused-ring (bicyclic) bond motifs is 5. The molecule has 0 aliphatic heterocycles. The lowest BCUT2D eigenvalue weighted by atomic mass is 9.68. The summed E-state index contributed by atoms with van der Waals surface area (Å²) < 4.78 is 0. The van der Waals surface area contributed by atoms with Crippen molar-refractivity contribution in [3.05, 3.63) is 119 Å². The van der Waals surface area contributed by atoms with E-state index in [2.05, 4.69) is 54.6 Å². The van der Waals surface area contributed by atoms with Gasteiger partial charge in [-0.3, -0.25) is 9.59 Å². The molecule has 4 aliphatic rings. The molecule has 6 aromatic rings. The van der Waals surface area contributed by atoms with E-state index >= 15 is 0 Å². The summed E-state index contributed by atoms with van der Waals surface area (Å²) in [6.07, 6.45) is 12.4. The zero-order valence-corrected chi connectivity index (χ0v) is 20.2. The fourth-order valence-corrected chi connectivity index (χ4v) is 7.95. The lowest BCUT2D eigenvalue weighted by Gasteiger charge is -2.33. The highest BCUT2D eigenvalue weighted by Gasteiger charge is 2.38. The van der Waals surface area contributed by atoms with Gasteiger partial charge in [-0.15, -0.1) is 0 Å². The maximum Gasteiger partial charge on any atom is 0.174 e. The Bertz CT molecular complexity index is 2330. The molecule has 0 amide bonds. The molecule has 2 heteroatoms. The van der Waals surface area contributed by atoms with Crippen molar-refractivity contribution in [1.29, 1.82) is 0 Å². The average Bonchev–Trinajstić information content (AvgIpc) is 2.97. The first kappa shape index (κ1) is 19.3. The molecule has 174 valence electrons. The molecule has 2 atom stereocenters. The standard InChI is InChI=1S/C36H18O2/c37-35-21-7-3-1-5-19(21)29-23-13-9-18-12-16-26-34-28(18)31(23)32-24(14-10-17-11-15-25(35)33(29)27(17)32)30(34)20-6-2-4-8-22(20)36(26)38/h1-16,21,26H. The zero-order valence-electron chi connectivity index (χ0n) is 20.2. The Morgan fingerprint density at radius 1 is 0.553 bits per heavy atom. The molecule has 4 aliphatic carbocycles. The van der Waals surface area contributed by atoms with Gasteiger partial charge in [-0.25, -0.2) is 0 Å². The predicted molar refractivity (Wildman–Crippen MR) is 154 cm³/mol. The van der Waals surface area contributed by atoms with Crippen LogP contribution < -0.4 is 5.22 Å². The van der Waals surface area contributed by atoms with E-state index in [1.807, 2.05) is 42.5 Å². The van der Waals surface area contributed by atoms with Crippen LogP contribution in [0.1, 0.15) is 37.8 Å². The number of ketones is 2. The van der Waals surface area contributed by atoms with Crippen LogP contribution in [0.4, 0.5) is 0 Å². The SMILES string of the molecule is O=C1c2ccc3ccc4c5c6c7c(ccc8c(c2c3c4c78)=C2C=CC=CC12)C=CC6C(=O)c1ccccc1-5. The third-order valence-corrected chi connectivity index (χ3v) is 9.39. The number of hydrogen-bond acceptors (Lipinski definition) is 2. The van der Waals surface area contributed by atoms with Crippen molar-refractivity contribution in [3.63, 3.8) is 0 Å². The van der Waals surface area contributed by atoms with Gasteiger partial charge in [0.15, 0.2) is 11.6 Å². The average molecular weight is 483 g/mol. The molecule has 0 fully saturated rings. The molecule has 0 heterocycles. The molecular formula is C36H18O2. The first-order chi connectivity index (χ1) is 18.7. The Kier molecular flexibility index (Phi) is 3.14. The van der Waals surface area contributed by atoms with Gasteiger partial charge in [0.05, 0.1) is 11.8 Å². The predicted octanol–water partition coefficient (Wildman–Crippen LogP) is 7.52. The Hall–Kier alpha value is -4.82. The molecule has 0 bridgehead atoms. The van der Waals surface area contributed by atoms with Gasteiger partial charge in [0.25, 0.3) is 0 Å². The number of benzene rings is 6. The van der Waals surface area contributed by atoms with Crippen LogP contribution in [-0.4, -0.2) is 11.6 Å². The summed E-state index contributed by atoms with van der Waals surface area (Å²) in [5.41, 5.74) is 7.18. The molecule has 0 aromatic heterocycles. The first-order valence-corrected chi connectivity index (χ1v) is 13.2. The third-order valence-electron chi connectivity index (χ3n) is 9.39. The molecule has 38 heavy (non-hydrogen) atoms. The van der Waals surface area contributed by atoms with Gasteiger partial charge in [0, 0.05) is 16.5 Å². The molecule has 6 aromatic carbocycles. The molecule has 2 unspecified atom stereocenters. The normalized spacial score (nSPS) is 20.4. The molecular weight excluding hydrogens is 464 g/mol. The Morgan fingerprint density at radius 2 is 1.34 bits per heavy atom. The van der Waals surface area contributed by atoms with Crippen LogP contribution in [-0.2, 0) is 0 Å². The van der Waals surface area contributed by atoms with Gasteiger partial charge >= 0.3 is 0 Å². The molecule has 2 nitrogen and oxygen atoms in total. The summed E-state index contributed by atoms with van der Waals surface area (Å²) in [5, 5.41) is 10.6. The van der Waals surface area contributed by atoms with E-state index < -0.39 is 0 Å². The van der Waals surface area contributed by atoms with Gasteiger partial charge in [-0.1, -0.05) is 97.1 Å². The minimum absolute atomic E-state index is 0.174. The number of rotatable bonds is 0. The second-order valence-electron chi connectivity index (χ2n) is 11.0. The van der Waals surface area contributed by atoms with Crippen LogP contribution in [0.15, 0.2) is 91.0 Å². The smallest absolute Gasteiger partial charge is 0.174 e. The fraction of sp³-hybridized carbons (Fsp3) is 0.0556. The summed E-state index contributed by atoms with van der Waals surface area (Å²) in [6, 6.07) is 21.1. The molecule has 10 rings (SSSR count). The van der Waals surface area contributed by atoms with Crippen LogP contribution in [0.25, 0.3) is 65.9 Å². The van der Waals surface area contributed by atoms with E-state index in [-0.39, 0.29) is 23.4 Å². The summed E-state index contributed by atoms with van der Waals surface area (Å²) in [4.78, 5) is 27.6. The van der Waals surface area contributed by atoms with Crippen molar-refractivity contribution < 1.29 is 9.59 Å². The minimum Gasteiger partial charge on any atom is -0.293 e. The summed E-state index contributed by atoms with van der Waals surface area (Å²) >= 11 is 0. The van der Waals surface area contributed by atoms with Crippen molar-refractivity contribution in [3.8, 4) is 11.1 Å². The van der Waals surface area contributed by atoms with E-state index in [0.29, 0.717) is 0 Å². The monoisotopic (exact) mass is 482 g/mol. The molecule has 0 radical (unpaired) electrons. The highest BCUT2D eigenvalue weighted by molar-refractivity contribution is 6.39. The number of allylic oxidation sites excluding steroid dienone is 5. The number of carbonyl (C=O) groups is 2. The van der Waals surface area contributed by atoms with E-state index in [1.54, 1.807) is 0 Å². The zero-order chi connectivity index (χ0) is 24.9. The van der Waals surface area contributed by atoms with E-state index in [1.165, 1.54) is 43.1 Å². The van der Waals surface area contributed by atoms with Crippen LogP contribution in [0.2, 0.25) is 0 Å².